The molecule has 1 unspecified atom stereocenters. The smallest absolute Gasteiger partial charge is 0.128 e. The van der Waals surface area contributed by atoms with E-state index in [0.29, 0.717) is 6.04 Å². The van der Waals surface area contributed by atoms with Crippen LogP contribution in [0.4, 0.5) is 0 Å². The van der Waals surface area contributed by atoms with Gasteiger partial charge in [-0.15, -0.1) is 0 Å². The van der Waals surface area contributed by atoms with Crippen molar-refractivity contribution < 1.29 is 4.52 Å². The molecule has 3 heteroatoms. The molecule has 84 valence electrons. The van der Waals surface area contributed by atoms with Crippen LogP contribution in [-0.4, -0.2) is 5.16 Å². The van der Waals surface area contributed by atoms with Gasteiger partial charge in [0, 0.05) is 18.2 Å². The number of hydrogen-bond acceptors (Lipinski definition) is 3. The molecule has 0 aliphatic rings. The van der Waals surface area contributed by atoms with Crippen molar-refractivity contribution in [1.29, 1.82) is 0 Å². The highest BCUT2D eigenvalue weighted by atomic mass is 16.5. The average molecular weight is 216 g/mol. The Kier molecular flexibility index (Phi) is 3.72. The molecule has 1 aromatic carbocycles. The number of aromatic nitrogens is 1. The van der Waals surface area contributed by atoms with Gasteiger partial charge in [-0.05, 0) is 12.0 Å². The van der Waals surface area contributed by atoms with Crippen LogP contribution in [0.5, 0.6) is 0 Å². The molecule has 1 N–H and O–H groups in total. The Labute approximate surface area is 95.5 Å². The van der Waals surface area contributed by atoms with Gasteiger partial charge in [0.25, 0.3) is 0 Å². The third-order valence-electron chi connectivity index (χ3n) is 2.65. The van der Waals surface area contributed by atoms with Gasteiger partial charge in [-0.1, -0.05) is 42.4 Å². The topological polar surface area (TPSA) is 38.1 Å². The van der Waals surface area contributed by atoms with E-state index in [4.69, 9.17) is 4.52 Å². The van der Waals surface area contributed by atoms with Gasteiger partial charge in [0.15, 0.2) is 0 Å². The highest BCUT2D eigenvalue weighted by molar-refractivity contribution is 5.19. The number of hydrogen-bond donors (Lipinski definition) is 1. The molecule has 16 heavy (non-hydrogen) atoms. The van der Waals surface area contributed by atoms with E-state index >= 15 is 0 Å². The molecule has 0 radical (unpaired) electrons. The molecular formula is C13H16N2O. The van der Waals surface area contributed by atoms with Crippen molar-refractivity contribution in [2.45, 2.75) is 25.9 Å². The van der Waals surface area contributed by atoms with Crippen molar-refractivity contribution in [3.8, 4) is 0 Å². The second kappa shape index (κ2) is 5.47. The number of nitrogens with one attached hydrogen (secondary N) is 1. The van der Waals surface area contributed by atoms with Gasteiger partial charge in [0.1, 0.15) is 6.26 Å². The summed E-state index contributed by atoms with van der Waals surface area (Å²) < 4.78 is 4.80. The predicted molar refractivity (Wildman–Crippen MR) is 62.8 cm³/mol. The van der Waals surface area contributed by atoms with Crippen molar-refractivity contribution in [1.82, 2.24) is 10.5 Å². The largest absolute Gasteiger partial charge is 0.364 e. The molecule has 1 atom stereocenters. The van der Waals surface area contributed by atoms with Crippen LogP contribution in [0, 0.1) is 0 Å². The Morgan fingerprint density at radius 3 is 2.75 bits per heavy atom. The maximum atomic E-state index is 4.80. The van der Waals surface area contributed by atoms with Crippen LogP contribution in [0.25, 0.3) is 0 Å². The summed E-state index contributed by atoms with van der Waals surface area (Å²) in [6, 6.07) is 10.9. The van der Waals surface area contributed by atoms with E-state index < -0.39 is 0 Å². The number of benzene rings is 1. The van der Waals surface area contributed by atoms with E-state index in [-0.39, 0.29) is 0 Å². The highest BCUT2D eigenvalue weighted by Crippen LogP contribution is 2.16. The van der Waals surface area contributed by atoms with E-state index in [1.807, 2.05) is 6.07 Å². The third-order valence-corrected chi connectivity index (χ3v) is 2.65. The van der Waals surface area contributed by atoms with Crippen LogP contribution in [0.3, 0.4) is 0 Å². The van der Waals surface area contributed by atoms with Gasteiger partial charge in [-0.2, -0.15) is 0 Å². The van der Waals surface area contributed by atoms with Gasteiger partial charge in [0.05, 0.1) is 6.20 Å². The standard InChI is InChI=1S/C13H16N2O/c1-2-13(12-6-4-3-5-7-12)14-8-11-9-15-16-10-11/h3-7,9-10,13-14H,2,8H2,1H3. The minimum absolute atomic E-state index is 0.385. The molecule has 0 spiro atoms. The SMILES string of the molecule is CCC(NCc1cnoc1)c1ccccc1. The molecule has 2 aromatic rings. The molecule has 3 nitrogen and oxygen atoms in total. The fraction of sp³-hybridized carbons (Fsp3) is 0.308. The molecule has 0 bridgehead atoms. The minimum Gasteiger partial charge on any atom is -0.364 e. The van der Waals surface area contributed by atoms with Crippen molar-refractivity contribution in [2.24, 2.45) is 0 Å². The Bertz CT molecular complexity index is 397. The molecule has 1 aromatic heterocycles. The van der Waals surface area contributed by atoms with Gasteiger partial charge in [0.2, 0.25) is 0 Å². The van der Waals surface area contributed by atoms with E-state index in [1.165, 1.54) is 5.56 Å². The zero-order valence-corrected chi connectivity index (χ0v) is 9.39. The molecule has 2 rings (SSSR count). The molecule has 1 heterocycles. The summed E-state index contributed by atoms with van der Waals surface area (Å²) in [5, 5.41) is 7.17. The first kappa shape index (κ1) is 10.9. The van der Waals surface area contributed by atoms with Crippen molar-refractivity contribution in [2.75, 3.05) is 0 Å². The summed E-state index contributed by atoms with van der Waals surface area (Å²) >= 11 is 0. The molecule has 0 fully saturated rings. The predicted octanol–water partition coefficient (Wildman–Crippen LogP) is 2.92. The van der Waals surface area contributed by atoms with Crippen molar-refractivity contribution in [3.63, 3.8) is 0 Å². The van der Waals surface area contributed by atoms with Crippen LogP contribution in [0.2, 0.25) is 0 Å². The zero-order valence-electron chi connectivity index (χ0n) is 9.39. The summed E-state index contributed by atoms with van der Waals surface area (Å²) in [7, 11) is 0. The van der Waals surface area contributed by atoms with Gasteiger partial charge < -0.3 is 9.84 Å². The van der Waals surface area contributed by atoms with Gasteiger partial charge >= 0.3 is 0 Å². The van der Waals surface area contributed by atoms with E-state index in [9.17, 15) is 0 Å². The fourth-order valence-corrected chi connectivity index (χ4v) is 1.74. The van der Waals surface area contributed by atoms with E-state index in [0.717, 1.165) is 18.5 Å². The lowest BCUT2D eigenvalue weighted by Crippen LogP contribution is -2.19. The fourth-order valence-electron chi connectivity index (χ4n) is 1.74. The van der Waals surface area contributed by atoms with Crippen LogP contribution in [0.1, 0.15) is 30.5 Å². The summed E-state index contributed by atoms with van der Waals surface area (Å²) in [4.78, 5) is 0. The second-order valence-corrected chi connectivity index (χ2v) is 3.79. The molecular weight excluding hydrogens is 200 g/mol. The molecule has 0 aliphatic carbocycles. The first-order chi connectivity index (χ1) is 7.90. The van der Waals surface area contributed by atoms with E-state index in [2.05, 4.69) is 41.7 Å². The quantitative estimate of drug-likeness (QED) is 0.835. The monoisotopic (exact) mass is 216 g/mol. The molecule has 0 amide bonds. The van der Waals surface area contributed by atoms with Crippen molar-refractivity contribution in [3.05, 3.63) is 53.9 Å². The molecule has 0 saturated carbocycles. The second-order valence-electron chi connectivity index (χ2n) is 3.79. The highest BCUT2D eigenvalue weighted by Gasteiger charge is 2.08. The Hall–Kier alpha value is -1.61. The number of nitrogens with zero attached hydrogens (tertiary/aromatic N) is 1. The number of rotatable bonds is 5. The Balaban J connectivity index is 1.96. The summed E-state index contributed by atoms with van der Waals surface area (Å²) in [6.45, 7) is 2.97. The summed E-state index contributed by atoms with van der Waals surface area (Å²) in [5.41, 5.74) is 2.40. The lowest BCUT2D eigenvalue weighted by Gasteiger charge is -2.16. The van der Waals surface area contributed by atoms with Crippen LogP contribution in [-0.2, 0) is 6.54 Å². The summed E-state index contributed by atoms with van der Waals surface area (Å²) in [6.07, 6.45) is 4.48. The van der Waals surface area contributed by atoms with E-state index in [1.54, 1.807) is 12.5 Å². The minimum atomic E-state index is 0.385. The van der Waals surface area contributed by atoms with Crippen LogP contribution < -0.4 is 5.32 Å². The normalized spacial score (nSPS) is 12.6. The maximum Gasteiger partial charge on any atom is 0.128 e. The summed E-state index contributed by atoms with van der Waals surface area (Å²) in [5.74, 6) is 0. The van der Waals surface area contributed by atoms with Gasteiger partial charge in [-0.25, -0.2) is 0 Å². The maximum absolute atomic E-state index is 4.80. The lowest BCUT2D eigenvalue weighted by atomic mass is 10.0. The first-order valence-corrected chi connectivity index (χ1v) is 5.56. The Morgan fingerprint density at radius 2 is 2.12 bits per heavy atom. The lowest BCUT2D eigenvalue weighted by molar-refractivity contribution is 0.418. The van der Waals surface area contributed by atoms with Crippen molar-refractivity contribution >= 4 is 0 Å². The van der Waals surface area contributed by atoms with Crippen LogP contribution in [0.15, 0.2) is 47.3 Å². The molecule has 0 saturated heterocycles. The third kappa shape index (κ3) is 2.70. The first-order valence-electron chi connectivity index (χ1n) is 5.56. The van der Waals surface area contributed by atoms with Crippen LogP contribution >= 0.6 is 0 Å². The average Bonchev–Trinajstić information content (AvgIpc) is 2.84. The van der Waals surface area contributed by atoms with Gasteiger partial charge in [-0.3, -0.25) is 0 Å². The Morgan fingerprint density at radius 1 is 1.31 bits per heavy atom. The zero-order chi connectivity index (χ0) is 11.2. The molecule has 0 aliphatic heterocycles.